The topological polar surface area (TPSA) is 86.7 Å². The molecule has 6 aliphatic rings. The Hall–Kier alpha value is -1.70. The third-order valence-electron chi connectivity index (χ3n) is 14.9. The van der Waals surface area contributed by atoms with Crippen molar-refractivity contribution in [2.24, 2.45) is 45.8 Å². The maximum absolute atomic E-state index is 11.9. The summed E-state index contributed by atoms with van der Waals surface area (Å²) >= 11 is 0. The van der Waals surface area contributed by atoms with Gasteiger partial charge in [0.15, 0.2) is 9.84 Å². The number of benzene rings is 1. The van der Waals surface area contributed by atoms with Crippen LogP contribution in [0.4, 0.5) is 0 Å². The van der Waals surface area contributed by atoms with E-state index in [2.05, 4.69) is 44.0 Å². The molecule has 1 aromatic carbocycles. The first kappa shape index (κ1) is 31.9. The number of allylic oxidation sites excluding steroid dienone is 2. The molecule has 7 heteroatoms. The van der Waals surface area contributed by atoms with Crippen LogP contribution in [0.25, 0.3) is 5.57 Å². The minimum absolute atomic E-state index is 0.0472. The molecule has 1 aromatic rings. The van der Waals surface area contributed by atoms with Crippen molar-refractivity contribution >= 4 is 21.4 Å². The lowest BCUT2D eigenvalue weighted by Crippen LogP contribution is -2.63. The van der Waals surface area contributed by atoms with Crippen molar-refractivity contribution in [3.8, 4) is 0 Å². The van der Waals surface area contributed by atoms with Crippen molar-refractivity contribution in [3.05, 3.63) is 41.5 Å². The van der Waals surface area contributed by atoms with Crippen LogP contribution >= 0.6 is 0 Å². The van der Waals surface area contributed by atoms with Crippen molar-refractivity contribution in [3.63, 3.8) is 0 Å². The standard InChI is InChI=1S/C38H56N2O4S/c1-35(2)29(26-7-9-27(10-8-26)34(41)42)13-17-37(4)32(35)15-18-36(3)30-14-19-38(16-5-6-31(38)28(30)11-12-33(36)37)39-20-21-40-22-24-45(43,44)25-23-40/h7-10,13,28,30-33,39H,5-6,11-12,14-25H2,1-4H3,(H,41,42)/t28?,30?,31?,32?,33?,36?,37?,38-/m0/s1. The second-order valence-corrected chi connectivity index (χ2v) is 19.3. The highest BCUT2D eigenvalue weighted by Gasteiger charge is 2.65. The highest BCUT2D eigenvalue weighted by Crippen LogP contribution is 2.72. The van der Waals surface area contributed by atoms with Gasteiger partial charge in [-0.25, -0.2) is 13.2 Å². The van der Waals surface area contributed by atoms with E-state index in [0.717, 1.165) is 43.2 Å². The van der Waals surface area contributed by atoms with Crippen molar-refractivity contribution in [1.29, 1.82) is 0 Å². The minimum atomic E-state index is -2.83. The minimum Gasteiger partial charge on any atom is -0.478 e. The van der Waals surface area contributed by atoms with Gasteiger partial charge in [-0.1, -0.05) is 52.3 Å². The molecule has 8 atom stereocenters. The van der Waals surface area contributed by atoms with Gasteiger partial charge in [-0.3, -0.25) is 0 Å². The number of carbonyl (C=O) groups is 1. The number of fused-ring (bicyclic) bond motifs is 7. The summed E-state index contributed by atoms with van der Waals surface area (Å²) in [5.74, 6) is 3.56. The molecule has 45 heavy (non-hydrogen) atoms. The maximum atomic E-state index is 11.9. The Labute approximate surface area is 271 Å². The number of aromatic carboxylic acids is 1. The largest absolute Gasteiger partial charge is 0.478 e. The summed E-state index contributed by atoms with van der Waals surface area (Å²) in [6.45, 7) is 13.6. The Balaban J connectivity index is 1.07. The molecule has 0 amide bonds. The zero-order valence-electron chi connectivity index (χ0n) is 28.1. The number of hydrogen-bond acceptors (Lipinski definition) is 5. The van der Waals surface area contributed by atoms with Crippen LogP contribution in [0.3, 0.4) is 0 Å². The van der Waals surface area contributed by atoms with Crippen LogP contribution in [0.15, 0.2) is 30.3 Å². The lowest BCUT2D eigenvalue weighted by Gasteiger charge is -2.68. The van der Waals surface area contributed by atoms with Gasteiger partial charge >= 0.3 is 5.97 Å². The molecule has 1 aliphatic heterocycles. The van der Waals surface area contributed by atoms with Crippen LogP contribution in [-0.4, -0.2) is 67.6 Å². The highest BCUT2D eigenvalue weighted by molar-refractivity contribution is 7.91. The van der Waals surface area contributed by atoms with E-state index in [1.54, 1.807) is 12.1 Å². The van der Waals surface area contributed by atoms with Gasteiger partial charge in [0.1, 0.15) is 0 Å². The fraction of sp³-hybridized carbons (Fsp3) is 0.763. The molecular formula is C38H56N2O4S. The normalized spacial score (nSPS) is 42.0. The molecule has 6 nitrogen and oxygen atoms in total. The fourth-order valence-corrected chi connectivity index (χ4v) is 14.1. The maximum Gasteiger partial charge on any atom is 0.335 e. The second kappa shape index (κ2) is 11.2. The van der Waals surface area contributed by atoms with E-state index in [1.807, 2.05) is 12.1 Å². The molecule has 1 saturated heterocycles. The first-order valence-electron chi connectivity index (χ1n) is 18.0. The van der Waals surface area contributed by atoms with Gasteiger partial charge in [0, 0.05) is 31.7 Å². The van der Waals surface area contributed by atoms with E-state index in [4.69, 9.17) is 0 Å². The molecular weight excluding hydrogens is 580 g/mol. The Morgan fingerprint density at radius 2 is 1.62 bits per heavy atom. The lowest BCUT2D eigenvalue weighted by molar-refractivity contribution is -0.172. The number of hydrogen-bond donors (Lipinski definition) is 2. The molecule has 4 saturated carbocycles. The van der Waals surface area contributed by atoms with Gasteiger partial charge in [0.25, 0.3) is 0 Å². The zero-order valence-corrected chi connectivity index (χ0v) is 28.9. The smallest absolute Gasteiger partial charge is 0.335 e. The van der Waals surface area contributed by atoms with Crippen LogP contribution in [0, 0.1) is 45.8 Å². The van der Waals surface area contributed by atoms with E-state index in [-0.39, 0.29) is 16.4 Å². The van der Waals surface area contributed by atoms with Gasteiger partial charge in [-0.15, -0.1) is 0 Å². The van der Waals surface area contributed by atoms with Crippen molar-refractivity contribution in [2.75, 3.05) is 37.7 Å². The molecule has 0 spiro atoms. The van der Waals surface area contributed by atoms with E-state index in [1.165, 1.54) is 68.9 Å². The van der Waals surface area contributed by atoms with Crippen molar-refractivity contribution in [1.82, 2.24) is 10.2 Å². The van der Waals surface area contributed by atoms with E-state index in [0.29, 0.717) is 41.5 Å². The first-order valence-corrected chi connectivity index (χ1v) is 19.8. The molecule has 0 radical (unpaired) electrons. The monoisotopic (exact) mass is 636 g/mol. The summed E-state index contributed by atoms with van der Waals surface area (Å²) in [5, 5.41) is 13.6. The average Bonchev–Trinajstić information content (AvgIpc) is 3.42. The van der Waals surface area contributed by atoms with Crippen molar-refractivity contribution < 1.29 is 18.3 Å². The Kier molecular flexibility index (Phi) is 7.93. The van der Waals surface area contributed by atoms with E-state index in [9.17, 15) is 18.3 Å². The molecule has 5 fully saturated rings. The second-order valence-electron chi connectivity index (χ2n) is 17.0. The zero-order chi connectivity index (χ0) is 31.8. The molecule has 7 unspecified atom stereocenters. The summed E-state index contributed by atoms with van der Waals surface area (Å²) in [7, 11) is -2.83. The number of carboxylic acids is 1. The summed E-state index contributed by atoms with van der Waals surface area (Å²) < 4.78 is 23.8. The molecule has 5 aliphatic carbocycles. The molecule has 0 aromatic heterocycles. The van der Waals surface area contributed by atoms with Crippen LogP contribution in [0.5, 0.6) is 0 Å². The Morgan fingerprint density at radius 3 is 2.33 bits per heavy atom. The van der Waals surface area contributed by atoms with Crippen molar-refractivity contribution in [2.45, 2.75) is 97.4 Å². The van der Waals surface area contributed by atoms with Crippen LogP contribution < -0.4 is 5.32 Å². The number of rotatable bonds is 6. The molecule has 0 bridgehead atoms. The Morgan fingerprint density at radius 1 is 0.889 bits per heavy atom. The number of nitrogens with one attached hydrogen (secondary N) is 1. The lowest BCUT2D eigenvalue weighted by atomic mass is 9.37. The van der Waals surface area contributed by atoms with Gasteiger partial charge in [0.2, 0.25) is 0 Å². The van der Waals surface area contributed by atoms with Crippen LogP contribution in [-0.2, 0) is 9.84 Å². The molecule has 1 heterocycles. The fourth-order valence-electron chi connectivity index (χ4n) is 12.8. The predicted molar refractivity (Wildman–Crippen MR) is 181 cm³/mol. The molecule has 2 N–H and O–H groups in total. The number of sulfone groups is 1. The quantitative estimate of drug-likeness (QED) is 0.353. The Bertz CT molecular complexity index is 1440. The van der Waals surface area contributed by atoms with Crippen LogP contribution in [0.1, 0.15) is 108 Å². The number of nitrogens with zero attached hydrogens (tertiary/aromatic N) is 1. The average molecular weight is 637 g/mol. The predicted octanol–water partition coefficient (Wildman–Crippen LogP) is 6.92. The molecule has 7 rings (SSSR count). The molecule has 248 valence electrons. The summed E-state index contributed by atoms with van der Waals surface area (Å²) in [6.07, 6.45) is 15.7. The first-order chi connectivity index (χ1) is 21.3. The van der Waals surface area contributed by atoms with Gasteiger partial charge < -0.3 is 15.3 Å². The van der Waals surface area contributed by atoms with Gasteiger partial charge in [-0.05, 0) is 127 Å². The summed E-state index contributed by atoms with van der Waals surface area (Å²) in [6, 6.07) is 7.59. The summed E-state index contributed by atoms with van der Waals surface area (Å²) in [5.41, 5.74) is 3.97. The van der Waals surface area contributed by atoms with E-state index < -0.39 is 15.8 Å². The van der Waals surface area contributed by atoms with E-state index >= 15 is 0 Å². The highest BCUT2D eigenvalue weighted by atomic mass is 32.2. The van der Waals surface area contributed by atoms with Crippen LogP contribution in [0.2, 0.25) is 0 Å². The van der Waals surface area contributed by atoms with Gasteiger partial charge in [0.05, 0.1) is 17.1 Å². The SMILES string of the molecule is CC1(C)C(c2ccc(C(=O)O)cc2)=CCC2(C)C1CCC1(C)C3CC[C@@]4(NCCN5CCS(=O)(=O)CC5)CCCC4C3CCC12. The third-order valence-corrected chi connectivity index (χ3v) is 16.5. The van der Waals surface area contributed by atoms with Gasteiger partial charge in [-0.2, -0.15) is 0 Å². The summed E-state index contributed by atoms with van der Waals surface area (Å²) in [4.78, 5) is 13.8. The third kappa shape index (κ3) is 5.17. The number of carboxylic acid groups (broad SMARTS) is 1.